The molecule has 4 nitrogen and oxygen atoms in total. The number of nitrogens with one attached hydrogen (secondary N) is 2. The van der Waals surface area contributed by atoms with Crippen molar-refractivity contribution < 1.29 is 35.9 Å². The smallest absolute Gasteiger partial charge is 0.345 e. The number of alkyl halides is 6. The van der Waals surface area contributed by atoms with Gasteiger partial charge in [-0.3, -0.25) is 9.59 Å². The number of hydrogen-bond donors (Lipinski definition) is 2. The van der Waals surface area contributed by atoms with Crippen molar-refractivity contribution in [2.24, 2.45) is 0 Å². The maximum absolute atomic E-state index is 13.7. The first-order valence-electron chi connectivity index (χ1n) is 10.3. The van der Waals surface area contributed by atoms with Crippen molar-refractivity contribution in [1.29, 1.82) is 0 Å². The van der Waals surface area contributed by atoms with Gasteiger partial charge in [-0.25, -0.2) is 0 Å². The van der Waals surface area contributed by atoms with E-state index in [-0.39, 0.29) is 33.5 Å². The molecule has 1 saturated carbocycles. The van der Waals surface area contributed by atoms with Gasteiger partial charge in [-0.15, -0.1) is 0 Å². The molecule has 0 aliphatic heterocycles. The fourth-order valence-corrected chi connectivity index (χ4v) is 4.82. The molecule has 0 heterocycles. The number of allylic oxidation sites excluding steroid dienone is 1. The predicted molar refractivity (Wildman–Crippen MR) is 130 cm³/mol. The third-order valence-corrected chi connectivity index (χ3v) is 6.63. The lowest BCUT2D eigenvalue weighted by atomic mass is 9.97. The lowest BCUT2D eigenvalue weighted by molar-refractivity contribution is -0.140. The van der Waals surface area contributed by atoms with Crippen molar-refractivity contribution >= 4 is 61.4 Å². The van der Waals surface area contributed by atoms with Gasteiger partial charge in [0, 0.05) is 14.0 Å². The van der Waals surface area contributed by atoms with E-state index in [1.54, 1.807) is 5.32 Å². The Morgan fingerprint density at radius 2 is 1.72 bits per heavy atom. The average molecular weight is 663 g/mol. The number of rotatable bonds is 7. The molecular formula is C23H17Br2ClF6N2O2. The van der Waals surface area contributed by atoms with Gasteiger partial charge in [0.25, 0.3) is 5.91 Å². The second-order valence-corrected chi connectivity index (χ2v) is 10.4. The van der Waals surface area contributed by atoms with Crippen LogP contribution in [0, 0.1) is 0 Å². The van der Waals surface area contributed by atoms with Crippen LogP contribution in [0.25, 0.3) is 6.08 Å². The molecule has 0 saturated heterocycles. The van der Waals surface area contributed by atoms with Crippen LogP contribution < -0.4 is 10.6 Å². The van der Waals surface area contributed by atoms with Crippen molar-refractivity contribution in [2.45, 2.75) is 36.7 Å². The SMILES string of the molecule is O=C(NC1(C(=O)NCC(F)(F)F)CC1)c1ccc(C=CC(c2cc(Cl)cc(Br)c2)C(F)(F)F)cc1Br. The fraction of sp³-hybridized carbons (Fsp3) is 0.304. The molecule has 1 aliphatic rings. The maximum atomic E-state index is 13.7. The molecule has 36 heavy (non-hydrogen) atoms. The van der Waals surface area contributed by atoms with Crippen LogP contribution in [0.5, 0.6) is 0 Å². The number of benzene rings is 2. The summed E-state index contributed by atoms with van der Waals surface area (Å²) in [6.45, 7) is -1.51. The van der Waals surface area contributed by atoms with E-state index in [2.05, 4.69) is 37.2 Å². The summed E-state index contributed by atoms with van der Waals surface area (Å²) in [6.07, 6.45) is -6.62. The Hall–Kier alpha value is -2.05. The molecule has 0 aromatic heterocycles. The second kappa shape index (κ2) is 10.7. The lowest BCUT2D eigenvalue weighted by Crippen LogP contribution is -2.50. The van der Waals surface area contributed by atoms with Gasteiger partial charge >= 0.3 is 12.4 Å². The molecule has 1 aliphatic carbocycles. The standard InChI is InChI=1S/C23H17Br2ClF6N2O2/c24-14-8-13(9-15(26)10-14)17(23(30,31)32)4-2-12-1-3-16(18(25)7-12)19(35)34-21(5-6-21)20(36)33-11-22(27,28)29/h1-4,7-10,17H,5-6,11H2,(H,33,36)(H,34,35). The lowest BCUT2D eigenvalue weighted by Gasteiger charge is -2.19. The molecule has 2 amide bonds. The van der Waals surface area contributed by atoms with Gasteiger partial charge in [0.05, 0.1) is 11.5 Å². The molecule has 2 aromatic carbocycles. The predicted octanol–water partition coefficient (Wildman–Crippen LogP) is 7.17. The highest BCUT2D eigenvalue weighted by Gasteiger charge is 2.52. The second-order valence-electron chi connectivity index (χ2n) is 8.15. The van der Waals surface area contributed by atoms with E-state index < -0.39 is 42.2 Å². The van der Waals surface area contributed by atoms with Crippen molar-refractivity contribution in [2.75, 3.05) is 6.54 Å². The first-order valence-corrected chi connectivity index (χ1v) is 12.2. The first kappa shape index (κ1) is 28.5. The minimum absolute atomic E-state index is 0.0631. The molecule has 194 valence electrons. The maximum Gasteiger partial charge on any atom is 0.405 e. The molecule has 13 heteroatoms. The summed E-state index contributed by atoms with van der Waals surface area (Å²) in [5.41, 5.74) is -1.08. The highest BCUT2D eigenvalue weighted by molar-refractivity contribution is 9.10. The van der Waals surface area contributed by atoms with Crippen LogP contribution in [0.4, 0.5) is 26.3 Å². The largest absolute Gasteiger partial charge is 0.405 e. The molecule has 0 radical (unpaired) electrons. The number of hydrogen-bond acceptors (Lipinski definition) is 2. The van der Waals surface area contributed by atoms with E-state index in [4.69, 9.17) is 11.6 Å². The Morgan fingerprint density at radius 1 is 1.06 bits per heavy atom. The first-order chi connectivity index (χ1) is 16.6. The van der Waals surface area contributed by atoms with E-state index in [9.17, 15) is 35.9 Å². The summed E-state index contributed by atoms with van der Waals surface area (Å²) in [5, 5.41) is 4.35. The molecule has 0 bridgehead atoms. The van der Waals surface area contributed by atoms with E-state index >= 15 is 0 Å². The minimum Gasteiger partial charge on any atom is -0.345 e. The molecule has 2 N–H and O–H groups in total. The van der Waals surface area contributed by atoms with Crippen LogP contribution >= 0.6 is 43.5 Å². The van der Waals surface area contributed by atoms with Gasteiger partial charge in [0.1, 0.15) is 12.1 Å². The Morgan fingerprint density at radius 3 is 2.25 bits per heavy atom. The van der Waals surface area contributed by atoms with Gasteiger partial charge in [0.15, 0.2) is 0 Å². The Labute approximate surface area is 223 Å². The van der Waals surface area contributed by atoms with E-state index in [0.717, 1.165) is 6.08 Å². The van der Waals surface area contributed by atoms with Crippen LogP contribution in [0.15, 0.2) is 51.4 Å². The molecule has 2 aromatic rings. The topological polar surface area (TPSA) is 58.2 Å². The normalized spacial score (nSPS) is 16.0. The zero-order valence-electron chi connectivity index (χ0n) is 18.0. The monoisotopic (exact) mass is 660 g/mol. The van der Waals surface area contributed by atoms with Gasteiger partial charge in [-0.2, -0.15) is 26.3 Å². The third kappa shape index (κ3) is 7.48. The minimum atomic E-state index is -4.59. The third-order valence-electron chi connectivity index (χ3n) is 5.30. The number of carbonyl (C=O) groups is 2. The van der Waals surface area contributed by atoms with E-state index in [1.807, 2.05) is 0 Å². The molecule has 0 spiro atoms. The zero-order chi connectivity index (χ0) is 26.9. The number of carbonyl (C=O) groups excluding carboxylic acids is 2. The van der Waals surface area contributed by atoms with E-state index in [0.29, 0.717) is 10.0 Å². The van der Waals surface area contributed by atoms with Crippen LogP contribution in [0.2, 0.25) is 5.02 Å². The fourth-order valence-electron chi connectivity index (χ4n) is 3.36. The quantitative estimate of drug-likeness (QED) is 0.309. The molecule has 1 atom stereocenters. The number of halogens is 9. The van der Waals surface area contributed by atoms with Crippen molar-refractivity contribution in [1.82, 2.24) is 10.6 Å². The number of amides is 2. The Bertz CT molecular complexity index is 1180. The molecule has 1 unspecified atom stereocenters. The summed E-state index contributed by atoms with van der Waals surface area (Å²) in [4.78, 5) is 24.8. The van der Waals surface area contributed by atoms with Crippen LogP contribution in [-0.4, -0.2) is 36.3 Å². The Kier molecular flexibility index (Phi) is 8.51. The van der Waals surface area contributed by atoms with Crippen molar-refractivity contribution in [3.63, 3.8) is 0 Å². The van der Waals surface area contributed by atoms with Gasteiger partial charge in [0.2, 0.25) is 5.91 Å². The molecule has 1 fully saturated rings. The van der Waals surface area contributed by atoms with Gasteiger partial charge in [-0.05, 0) is 70.2 Å². The van der Waals surface area contributed by atoms with Gasteiger partial charge < -0.3 is 10.6 Å². The van der Waals surface area contributed by atoms with Crippen LogP contribution in [0.3, 0.4) is 0 Å². The van der Waals surface area contributed by atoms with E-state index in [1.165, 1.54) is 42.5 Å². The average Bonchev–Trinajstić information content (AvgIpc) is 3.50. The summed E-state index contributed by atoms with van der Waals surface area (Å²) < 4.78 is 78.8. The summed E-state index contributed by atoms with van der Waals surface area (Å²) >= 11 is 12.2. The Balaban J connectivity index is 1.75. The zero-order valence-corrected chi connectivity index (χ0v) is 22.0. The summed E-state index contributed by atoms with van der Waals surface area (Å²) in [6, 6.07) is 8.15. The molecule has 3 rings (SSSR count). The van der Waals surface area contributed by atoms with Crippen LogP contribution in [-0.2, 0) is 4.79 Å². The highest BCUT2D eigenvalue weighted by Crippen LogP contribution is 2.39. The molecular weight excluding hydrogens is 646 g/mol. The van der Waals surface area contributed by atoms with Crippen LogP contribution in [0.1, 0.15) is 40.2 Å². The van der Waals surface area contributed by atoms with Crippen molar-refractivity contribution in [3.8, 4) is 0 Å². The van der Waals surface area contributed by atoms with Crippen molar-refractivity contribution in [3.05, 3.63) is 73.1 Å². The summed E-state index contributed by atoms with van der Waals surface area (Å²) in [5.74, 6) is -3.59. The van der Waals surface area contributed by atoms with Gasteiger partial charge in [-0.1, -0.05) is 45.7 Å². The summed E-state index contributed by atoms with van der Waals surface area (Å²) in [7, 11) is 0. The highest BCUT2D eigenvalue weighted by atomic mass is 79.9.